The van der Waals surface area contributed by atoms with Crippen LogP contribution in [0.2, 0.25) is 10.0 Å². The average molecular weight is 492 g/mol. The maximum Gasteiger partial charge on any atom is 0.306 e. The maximum absolute atomic E-state index is 13.4. The fourth-order valence-electron chi connectivity index (χ4n) is 4.60. The van der Waals surface area contributed by atoms with Crippen LogP contribution in [0.1, 0.15) is 56.6 Å². The number of hydrogen-bond acceptors (Lipinski definition) is 4. The molecule has 0 radical (unpaired) electrons. The molecule has 2 fully saturated rings. The third kappa shape index (κ3) is 4.45. The van der Waals surface area contributed by atoms with Crippen molar-refractivity contribution in [3.8, 4) is 0 Å². The van der Waals surface area contributed by atoms with E-state index in [0.717, 1.165) is 15.4 Å². The Balaban J connectivity index is 1.60. The Hall–Kier alpha value is -1.53. The Bertz CT molecular complexity index is 1050. The zero-order chi connectivity index (χ0) is 23.0. The highest BCUT2D eigenvalue weighted by Gasteiger charge is 2.55. The first-order valence-corrected chi connectivity index (χ1v) is 12.6. The molecule has 1 aliphatic heterocycles. The van der Waals surface area contributed by atoms with Crippen molar-refractivity contribution in [1.29, 1.82) is 0 Å². The Kier molecular flexibility index (Phi) is 6.92. The first-order chi connectivity index (χ1) is 15.2. The number of carbonyl (C=O) groups excluding carboxylic acids is 1. The molecule has 2 aromatic carbocycles. The highest BCUT2D eigenvalue weighted by atomic mass is 35.5. The van der Waals surface area contributed by atoms with Crippen LogP contribution in [-0.4, -0.2) is 29.4 Å². The second kappa shape index (κ2) is 9.38. The van der Waals surface area contributed by atoms with Gasteiger partial charge in [-0.15, -0.1) is 0 Å². The number of nitrogens with one attached hydrogen (secondary N) is 1. The molecule has 1 saturated carbocycles. The summed E-state index contributed by atoms with van der Waals surface area (Å²) in [6, 6.07) is 11.7. The van der Waals surface area contributed by atoms with Crippen LogP contribution >= 0.6 is 35.0 Å². The van der Waals surface area contributed by atoms with Crippen LogP contribution in [0.3, 0.4) is 0 Å². The van der Waals surface area contributed by atoms with Crippen molar-refractivity contribution in [2.45, 2.75) is 66.7 Å². The van der Waals surface area contributed by atoms with Crippen molar-refractivity contribution in [3.63, 3.8) is 0 Å². The molecule has 170 valence electrons. The number of hydrogen-bond donors (Lipinski definition) is 2. The monoisotopic (exact) mass is 491 g/mol. The molecule has 0 amide bonds. The number of halogens is 2. The zero-order valence-electron chi connectivity index (χ0n) is 18.2. The first-order valence-electron chi connectivity index (χ1n) is 11.0. The molecule has 32 heavy (non-hydrogen) atoms. The molecule has 0 spiro atoms. The first kappa shape index (κ1) is 23.6. The molecule has 2 N–H and O–H groups in total. The fourth-order valence-corrected chi connectivity index (χ4v) is 6.41. The summed E-state index contributed by atoms with van der Waals surface area (Å²) < 4.78 is 0. The number of Topliss-reactive ketones (excluding diaryl/α,β-unsaturated/α-hetero) is 1. The summed E-state index contributed by atoms with van der Waals surface area (Å²) >= 11 is 15.0. The van der Waals surface area contributed by atoms with Gasteiger partial charge in [0.05, 0.1) is 27.4 Å². The number of rotatable bonds is 7. The minimum Gasteiger partial charge on any atom is -0.481 e. The van der Waals surface area contributed by atoms with Gasteiger partial charge in [0.1, 0.15) is 0 Å². The van der Waals surface area contributed by atoms with Crippen molar-refractivity contribution < 1.29 is 14.7 Å². The SMILES string of the molecule is CC(C)c1ccccc1Sc1ccc(C2(C(=O)C3CC(C(=O)O)CCN3)CC2)c(Cl)c1Cl. The van der Waals surface area contributed by atoms with E-state index in [1.54, 1.807) is 11.8 Å². The molecule has 4 nitrogen and oxygen atoms in total. The summed E-state index contributed by atoms with van der Waals surface area (Å²) in [6.45, 7) is 4.85. The molecule has 7 heteroatoms. The van der Waals surface area contributed by atoms with Crippen molar-refractivity contribution >= 4 is 46.7 Å². The number of benzene rings is 2. The van der Waals surface area contributed by atoms with Gasteiger partial charge in [0.2, 0.25) is 0 Å². The number of piperidine rings is 1. The predicted octanol–water partition coefficient (Wildman–Crippen LogP) is 6.32. The van der Waals surface area contributed by atoms with Crippen LogP contribution in [0, 0.1) is 5.92 Å². The minimum atomic E-state index is -0.835. The zero-order valence-corrected chi connectivity index (χ0v) is 20.5. The second-order valence-electron chi connectivity index (χ2n) is 9.05. The van der Waals surface area contributed by atoms with E-state index < -0.39 is 23.3 Å². The Morgan fingerprint density at radius 1 is 1.09 bits per heavy atom. The van der Waals surface area contributed by atoms with Crippen molar-refractivity contribution in [1.82, 2.24) is 5.32 Å². The standard InChI is InChI=1S/C25H27Cl2NO3S/c1-14(2)16-5-3-4-6-19(16)32-20-8-7-17(21(26)22(20)27)25(10-11-25)23(29)18-13-15(24(30)31)9-12-28-18/h3-8,14-15,18,28H,9-13H2,1-2H3,(H,30,31). The molecule has 2 atom stereocenters. The number of aliphatic carboxylic acids is 1. The van der Waals surface area contributed by atoms with E-state index >= 15 is 0 Å². The van der Waals surface area contributed by atoms with E-state index in [4.69, 9.17) is 23.2 Å². The summed E-state index contributed by atoms with van der Waals surface area (Å²) in [6.07, 6.45) is 2.28. The predicted molar refractivity (Wildman–Crippen MR) is 129 cm³/mol. The molecule has 4 rings (SSSR count). The van der Waals surface area contributed by atoms with Gasteiger partial charge in [-0.05, 0) is 61.4 Å². The van der Waals surface area contributed by atoms with E-state index in [9.17, 15) is 14.7 Å². The lowest BCUT2D eigenvalue weighted by Gasteiger charge is -2.30. The van der Waals surface area contributed by atoms with Gasteiger partial charge < -0.3 is 10.4 Å². The van der Waals surface area contributed by atoms with Crippen molar-refractivity contribution in [3.05, 3.63) is 57.6 Å². The third-order valence-electron chi connectivity index (χ3n) is 6.61. The summed E-state index contributed by atoms with van der Waals surface area (Å²) in [7, 11) is 0. The normalized spacial score (nSPS) is 22.0. The molecule has 0 bridgehead atoms. The maximum atomic E-state index is 13.4. The van der Waals surface area contributed by atoms with Crippen LogP contribution in [-0.2, 0) is 15.0 Å². The van der Waals surface area contributed by atoms with Crippen LogP contribution in [0.25, 0.3) is 0 Å². The van der Waals surface area contributed by atoms with Gasteiger partial charge in [-0.25, -0.2) is 0 Å². The number of carboxylic acids is 1. The highest BCUT2D eigenvalue weighted by molar-refractivity contribution is 7.99. The van der Waals surface area contributed by atoms with Crippen LogP contribution in [0.4, 0.5) is 0 Å². The summed E-state index contributed by atoms with van der Waals surface area (Å²) in [5, 5.41) is 13.5. The van der Waals surface area contributed by atoms with Crippen LogP contribution in [0.15, 0.2) is 46.2 Å². The largest absolute Gasteiger partial charge is 0.481 e. The Morgan fingerprint density at radius 3 is 2.47 bits per heavy atom. The van der Waals surface area contributed by atoms with Gasteiger partial charge in [0.15, 0.2) is 5.78 Å². The number of carboxylic acid groups (broad SMARTS) is 1. The third-order valence-corrected chi connectivity index (χ3v) is 8.76. The number of ketones is 1. The smallest absolute Gasteiger partial charge is 0.306 e. The van der Waals surface area contributed by atoms with Crippen molar-refractivity contribution in [2.24, 2.45) is 5.92 Å². The molecule has 2 aromatic rings. The topological polar surface area (TPSA) is 66.4 Å². The molecule has 0 aromatic heterocycles. The lowest BCUT2D eigenvalue weighted by atomic mass is 9.82. The average Bonchev–Trinajstić information content (AvgIpc) is 3.58. The molecular weight excluding hydrogens is 465 g/mol. The second-order valence-corrected chi connectivity index (χ2v) is 10.9. The van der Waals surface area contributed by atoms with Gasteiger partial charge in [0.25, 0.3) is 0 Å². The summed E-state index contributed by atoms with van der Waals surface area (Å²) in [4.78, 5) is 26.9. The minimum absolute atomic E-state index is 0.0342. The summed E-state index contributed by atoms with van der Waals surface area (Å²) in [5.74, 6) is -0.901. The van der Waals surface area contributed by atoms with E-state index in [1.165, 1.54) is 5.56 Å². The van der Waals surface area contributed by atoms with E-state index in [2.05, 4.69) is 31.3 Å². The highest BCUT2D eigenvalue weighted by Crippen LogP contribution is 2.54. The van der Waals surface area contributed by atoms with Crippen LogP contribution < -0.4 is 5.32 Å². The van der Waals surface area contributed by atoms with Gasteiger partial charge in [-0.3, -0.25) is 9.59 Å². The van der Waals surface area contributed by atoms with Gasteiger partial charge in [-0.1, -0.05) is 73.1 Å². The Morgan fingerprint density at radius 2 is 1.81 bits per heavy atom. The quantitative estimate of drug-likeness (QED) is 0.474. The molecule has 1 aliphatic carbocycles. The van der Waals surface area contributed by atoms with Gasteiger partial charge in [0, 0.05) is 9.79 Å². The Labute approximate surface area is 203 Å². The lowest BCUT2D eigenvalue weighted by molar-refractivity contribution is -0.143. The number of carbonyl (C=O) groups is 2. The van der Waals surface area contributed by atoms with Gasteiger partial charge in [-0.2, -0.15) is 0 Å². The molecule has 1 saturated heterocycles. The molecular formula is C25H27Cl2NO3S. The van der Waals surface area contributed by atoms with Crippen molar-refractivity contribution in [2.75, 3.05) is 6.54 Å². The molecule has 2 unspecified atom stereocenters. The van der Waals surface area contributed by atoms with Gasteiger partial charge >= 0.3 is 5.97 Å². The lowest BCUT2D eigenvalue weighted by Crippen LogP contribution is -2.49. The molecule has 2 aliphatic rings. The summed E-state index contributed by atoms with van der Waals surface area (Å²) in [5.41, 5.74) is 1.34. The van der Waals surface area contributed by atoms with E-state index in [-0.39, 0.29) is 5.78 Å². The fraction of sp³-hybridized carbons (Fsp3) is 0.440. The van der Waals surface area contributed by atoms with Crippen LogP contribution in [0.5, 0.6) is 0 Å². The van der Waals surface area contributed by atoms with E-state index in [1.807, 2.05) is 24.3 Å². The molecule has 1 heterocycles. The van der Waals surface area contributed by atoms with E-state index in [0.29, 0.717) is 48.2 Å².